The van der Waals surface area contributed by atoms with Gasteiger partial charge in [0.1, 0.15) is 15.6 Å². The van der Waals surface area contributed by atoms with Gasteiger partial charge < -0.3 is 10.0 Å². The molecule has 1 heterocycles. The number of allylic oxidation sites excluding steroid dienone is 2. The fourth-order valence-electron chi connectivity index (χ4n) is 5.28. The molecular formula is C30H39F5N2O3S. The molecule has 1 aliphatic carbocycles. The van der Waals surface area contributed by atoms with Crippen LogP contribution in [0.15, 0.2) is 42.7 Å². The lowest BCUT2D eigenvalue weighted by molar-refractivity contribution is -0.284. The summed E-state index contributed by atoms with van der Waals surface area (Å²) in [5.74, 6) is -5.52. The Morgan fingerprint density at radius 2 is 1.68 bits per heavy atom. The van der Waals surface area contributed by atoms with Crippen molar-refractivity contribution in [2.75, 3.05) is 31.6 Å². The van der Waals surface area contributed by atoms with Crippen LogP contribution in [0.3, 0.4) is 0 Å². The summed E-state index contributed by atoms with van der Waals surface area (Å²) in [6, 6.07) is 9.62. The van der Waals surface area contributed by atoms with Crippen LogP contribution in [-0.2, 0) is 16.3 Å². The maximum absolute atomic E-state index is 13.0. The van der Waals surface area contributed by atoms with E-state index in [2.05, 4.69) is 11.1 Å². The van der Waals surface area contributed by atoms with Gasteiger partial charge >= 0.3 is 12.1 Å². The molecule has 41 heavy (non-hydrogen) atoms. The van der Waals surface area contributed by atoms with Gasteiger partial charge in [-0.05, 0) is 118 Å². The third-order valence-corrected chi connectivity index (χ3v) is 9.31. The van der Waals surface area contributed by atoms with Crippen molar-refractivity contribution in [3.8, 4) is 5.75 Å². The Bertz CT molecular complexity index is 1260. The van der Waals surface area contributed by atoms with Gasteiger partial charge in [0.2, 0.25) is 0 Å². The normalized spacial score (nSPS) is 14.8. The number of phenols is 1. The summed E-state index contributed by atoms with van der Waals surface area (Å²) < 4.78 is 86.9. The fraction of sp³-hybridized carbons (Fsp3) is 0.567. The number of aromatic nitrogens is 1. The van der Waals surface area contributed by atoms with Crippen molar-refractivity contribution in [1.29, 1.82) is 0 Å². The van der Waals surface area contributed by atoms with E-state index in [9.17, 15) is 35.5 Å². The summed E-state index contributed by atoms with van der Waals surface area (Å²) in [6.07, 6.45) is 2.59. The average Bonchev–Trinajstić information content (AvgIpc) is 3.07. The molecule has 228 valence electrons. The van der Waals surface area contributed by atoms with E-state index >= 15 is 0 Å². The van der Waals surface area contributed by atoms with Crippen molar-refractivity contribution in [3.63, 3.8) is 0 Å². The van der Waals surface area contributed by atoms with E-state index < -0.39 is 40.5 Å². The molecular weight excluding hydrogens is 563 g/mol. The minimum absolute atomic E-state index is 0.241. The maximum Gasteiger partial charge on any atom is 0.453 e. The number of phenolic OH excluding ortho intramolecular Hbond substituents is 1. The Labute approximate surface area is 239 Å². The number of hydrogen-bond acceptors (Lipinski definition) is 5. The minimum Gasteiger partial charge on any atom is -0.508 e. The van der Waals surface area contributed by atoms with E-state index in [1.165, 1.54) is 16.7 Å². The van der Waals surface area contributed by atoms with E-state index in [1.54, 1.807) is 12.3 Å². The van der Waals surface area contributed by atoms with Crippen molar-refractivity contribution in [1.82, 2.24) is 9.88 Å². The molecule has 1 aliphatic rings. The van der Waals surface area contributed by atoms with Gasteiger partial charge in [0.15, 0.2) is 0 Å². The molecule has 0 aliphatic heterocycles. The van der Waals surface area contributed by atoms with Gasteiger partial charge in [-0.25, -0.2) is 8.42 Å². The molecule has 11 heteroatoms. The van der Waals surface area contributed by atoms with Gasteiger partial charge in [-0.3, -0.25) is 4.98 Å². The standard InChI is InChI=1S/C30H39F5N2O3S/c1-37(18-8-20-41(39,40)19-7-15-29(31,32)30(33,34)35)17-4-2-3-11-28-26(24-10-6-16-36-22-24)12-5-9-23-21-25(38)13-14-27(23)28/h6,10,13-14,16,21-22,38H,2-5,7-9,11-12,15,17-20H2,1H3. The number of halogens is 5. The monoisotopic (exact) mass is 602 g/mol. The fourth-order valence-corrected chi connectivity index (χ4v) is 6.64. The lowest BCUT2D eigenvalue weighted by Crippen LogP contribution is -2.36. The number of aromatic hydroxyl groups is 1. The first-order valence-electron chi connectivity index (χ1n) is 14.1. The Kier molecular flexibility index (Phi) is 11.7. The number of alkyl halides is 5. The zero-order valence-corrected chi connectivity index (χ0v) is 24.2. The molecule has 0 fully saturated rings. The van der Waals surface area contributed by atoms with Crippen LogP contribution in [0.5, 0.6) is 5.75 Å². The Balaban J connectivity index is 1.45. The number of aryl methyl sites for hydroxylation is 1. The Hall–Kier alpha value is -2.53. The molecule has 2 aromatic rings. The van der Waals surface area contributed by atoms with Crippen LogP contribution >= 0.6 is 0 Å². The summed E-state index contributed by atoms with van der Waals surface area (Å²) in [5, 5.41) is 10.0. The number of nitrogens with zero attached hydrogens (tertiary/aromatic N) is 2. The highest BCUT2D eigenvalue weighted by atomic mass is 32.2. The van der Waals surface area contributed by atoms with Gasteiger partial charge in [0.05, 0.1) is 11.5 Å². The van der Waals surface area contributed by atoms with E-state index in [0.29, 0.717) is 13.0 Å². The first kappa shape index (κ1) is 33.0. The molecule has 0 spiro atoms. The van der Waals surface area contributed by atoms with Crippen molar-refractivity contribution >= 4 is 21.0 Å². The van der Waals surface area contributed by atoms with E-state index in [4.69, 9.17) is 0 Å². The van der Waals surface area contributed by atoms with Gasteiger partial charge in [0.25, 0.3) is 0 Å². The number of sulfone groups is 1. The number of hydrogen-bond donors (Lipinski definition) is 1. The van der Waals surface area contributed by atoms with Crippen LogP contribution in [0.1, 0.15) is 74.5 Å². The molecule has 5 nitrogen and oxygen atoms in total. The number of fused-ring (bicyclic) bond motifs is 1. The zero-order chi connectivity index (χ0) is 30.1. The van der Waals surface area contributed by atoms with Crippen molar-refractivity contribution in [3.05, 3.63) is 59.4 Å². The summed E-state index contributed by atoms with van der Waals surface area (Å²) in [7, 11) is -1.82. The minimum atomic E-state index is -5.66. The number of rotatable bonds is 15. The second-order valence-electron chi connectivity index (χ2n) is 10.8. The zero-order valence-electron chi connectivity index (χ0n) is 23.4. The molecule has 1 N–H and O–H groups in total. The molecule has 0 unspecified atom stereocenters. The number of pyridine rings is 1. The second-order valence-corrected chi connectivity index (χ2v) is 13.1. The molecule has 0 saturated heterocycles. The van der Waals surface area contributed by atoms with Gasteiger partial charge in [0, 0.05) is 18.8 Å². The molecule has 1 aromatic carbocycles. The van der Waals surface area contributed by atoms with Crippen molar-refractivity contribution < 1.29 is 35.5 Å². The second kappa shape index (κ2) is 14.6. The highest BCUT2D eigenvalue weighted by Crippen LogP contribution is 2.40. The topological polar surface area (TPSA) is 70.5 Å². The average molecular weight is 603 g/mol. The van der Waals surface area contributed by atoms with Crippen LogP contribution in [0.2, 0.25) is 0 Å². The molecule has 1 aromatic heterocycles. The molecule has 0 bridgehead atoms. The molecule has 0 atom stereocenters. The van der Waals surface area contributed by atoms with E-state index in [-0.39, 0.29) is 11.5 Å². The first-order chi connectivity index (χ1) is 19.3. The van der Waals surface area contributed by atoms with Gasteiger partial charge in [-0.1, -0.05) is 18.6 Å². The third kappa shape index (κ3) is 10.1. The van der Waals surface area contributed by atoms with Crippen LogP contribution in [0.4, 0.5) is 22.0 Å². The molecule has 3 rings (SSSR count). The largest absolute Gasteiger partial charge is 0.508 e. The predicted molar refractivity (Wildman–Crippen MR) is 152 cm³/mol. The van der Waals surface area contributed by atoms with Crippen LogP contribution in [-0.4, -0.2) is 67.1 Å². The smallest absolute Gasteiger partial charge is 0.453 e. The Morgan fingerprint density at radius 3 is 2.39 bits per heavy atom. The Morgan fingerprint density at radius 1 is 0.951 bits per heavy atom. The van der Waals surface area contributed by atoms with E-state index in [0.717, 1.165) is 62.6 Å². The molecule has 0 saturated carbocycles. The van der Waals surface area contributed by atoms with Crippen LogP contribution < -0.4 is 0 Å². The SMILES string of the molecule is CN(CCCCCC1=C(c2cccnc2)CCCc2cc(O)ccc21)CCCS(=O)(=O)CCCC(F)(F)C(F)(F)F. The lowest BCUT2D eigenvalue weighted by atomic mass is 9.89. The van der Waals surface area contributed by atoms with Gasteiger partial charge in [-0.15, -0.1) is 0 Å². The predicted octanol–water partition coefficient (Wildman–Crippen LogP) is 7.31. The summed E-state index contributed by atoms with van der Waals surface area (Å²) in [4.78, 5) is 6.32. The quantitative estimate of drug-likeness (QED) is 0.171. The van der Waals surface area contributed by atoms with Crippen LogP contribution in [0, 0.1) is 0 Å². The van der Waals surface area contributed by atoms with E-state index in [1.807, 2.05) is 36.3 Å². The summed E-state index contributed by atoms with van der Waals surface area (Å²) in [6.45, 7) is 1.25. The third-order valence-electron chi connectivity index (χ3n) is 7.48. The maximum atomic E-state index is 13.0. The van der Waals surface area contributed by atoms with Crippen LogP contribution in [0.25, 0.3) is 11.1 Å². The number of unbranched alkanes of at least 4 members (excludes halogenated alkanes) is 2. The highest BCUT2D eigenvalue weighted by molar-refractivity contribution is 7.91. The lowest BCUT2D eigenvalue weighted by Gasteiger charge is -2.19. The van der Waals surface area contributed by atoms with Gasteiger partial charge in [-0.2, -0.15) is 22.0 Å². The summed E-state index contributed by atoms with van der Waals surface area (Å²) >= 11 is 0. The first-order valence-corrected chi connectivity index (χ1v) is 15.9. The van der Waals surface area contributed by atoms with Crippen molar-refractivity contribution in [2.45, 2.75) is 76.3 Å². The molecule has 0 radical (unpaired) electrons. The number of benzene rings is 1. The molecule has 0 amide bonds. The summed E-state index contributed by atoms with van der Waals surface area (Å²) in [5.41, 5.74) is 6.04. The highest BCUT2D eigenvalue weighted by Gasteiger charge is 2.56. The van der Waals surface area contributed by atoms with Crippen molar-refractivity contribution in [2.24, 2.45) is 0 Å².